The van der Waals surface area contributed by atoms with E-state index in [2.05, 4.69) is 74.0 Å². The number of benzene rings is 2. The van der Waals surface area contributed by atoms with E-state index in [0.29, 0.717) is 36.4 Å². The molecule has 2 aromatic carbocycles. The first-order valence-corrected chi connectivity index (χ1v) is 17.5. The third-order valence-electron chi connectivity index (χ3n) is 11.8. The van der Waals surface area contributed by atoms with Crippen LogP contribution in [0.25, 0.3) is 16.8 Å². The molecule has 1 saturated heterocycles. The first kappa shape index (κ1) is 36.2. The molecule has 2 bridgehead atoms. The number of nitrogens with zero attached hydrogens (tertiary/aromatic N) is 3. The van der Waals surface area contributed by atoms with Gasteiger partial charge in [-0.15, -0.1) is 0 Å². The lowest BCUT2D eigenvalue weighted by Gasteiger charge is -2.62. The number of rotatable bonds is 13. The van der Waals surface area contributed by atoms with Crippen LogP contribution in [-0.2, 0) is 16.2 Å². The van der Waals surface area contributed by atoms with Crippen LogP contribution in [0.3, 0.4) is 0 Å². The van der Waals surface area contributed by atoms with Crippen molar-refractivity contribution in [3.8, 4) is 16.9 Å². The summed E-state index contributed by atoms with van der Waals surface area (Å²) < 4.78 is 6.17. The van der Waals surface area contributed by atoms with Crippen LogP contribution < -0.4 is 20.7 Å². The average molecular weight is 662 g/mol. The van der Waals surface area contributed by atoms with E-state index in [-0.39, 0.29) is 18.1 Å². The second kappa shape index (κ2) is 14.4. The number of nitrogens with two attached hydrogens (primary N) is 1. The Labute approximate surface area is 288 Å². The summed E-state index contributed by atoms with van der Waals surface area (Å²) in [7, 11) is 9.38. The van der Waals surface area contributed by atoms with Gasteiger partial charge in [-0.1, -0.05) is 51.6 Å². The van der Waals surface area contributed by atoms with Gasteiger partial charge in [-0.2, -0.15) is 5.06 Å². The lowest BCUT2D eigenvalue weighted by Crippen LogP contribution is -2.60. The minimum Gasteiger partial charge on any atom is -0.496 e. The topological polar surface area (TPSA) is 95.7 Å². The van der Waals surface area contributed by atoms with Crippen LogP contribution in [0, 0.1) is 29.1 Å². The highest BCUT2D eigenvalue weighted by Gasteiger charge is 2.57. The molecular formula is C39H59N5O4. The summed E-state index contributed by atoms with van der Waals surface area (Å²) in [6.07, 6.45) is 3.53. The van der Waals surface area contributed by atoms with Gasteiger partial charge in [0, 0.05) is 67.7 Å². The summed E-state index contributed by atoms with van der Waals surface area (Å²) in [4.78, 5) is 14.2. The number of methoxy groups -OCH3 is 1. The normalized spacial score (nSPS) is 28.8. The first-order chi connectivity index (χ1) is 22.8. The average Bonchev–Trinajstić information content (AvgIpc) is 3.43. The smallest absolute Gasteiger partial charge is 0.131 e. The van der Waals surface area contributed by atoms with E-state index in [1.807, 2.05) is 46.1 Å². The highest BCUT2D eigenvalue weighted by Crippen LogP contribution is 2.61. The van der Waals surface area contributed by atoms with Gasteiger partial charge in [-0.3, -0.25) is 14.7 Å². The maximum absolute atomic E-state index is 11.1. The maximum atomic E-state index is 11.1. The predicted octanol–water partition coefficient (Wildman–Crippen LogP) is 5.90. The Balaban J connectivity index is 1.48. The van der Waals surface area contributed by atoms with Gasteiger partial charge in [0.1, 0.15) is 5.75 Å². The molecule has 0 aromatic heterocycles. The van der Waals surface area contributed by atoms with Crippen LogP contribution >= 0.6 is 0 Å². The van der Waals surface area contributed by atoms with Crippen molar-refractivity contribution in [3.63, 3.8) is 0 Å². The summed E-state index contributed by atoms with van der Waals surface area (Å²) in [6.45, 7) is 16.4. The van der Waals surface area contributed by atoms with Crippen LogP contribution in [0.1, 0.15) is 58.6 Å². The Morgan fingerprint density at radius 1 is 1.21 bits per heavy atom. The lowest BCUT2D eigenvalue weighted by molar-refractivity contribution is -0.164. The molecule has 2 aromatic rings. The highest BCUT2D eigenvalue weighted by molar-refractivity contribution is 5.80. The molecule has 3 saturated carbocycles. The number of anilines is 1. The number of aliphatic hydroxyl groups is 1. The molecule has 9 heteroatoms. The number of hydrogen-bond donors (Lipinski definition) is 3. The Bertz CT molecular complexity index is 1490. The fraction of sp³-hybridized carbons (Fsp3) is 0.590. The zero-order chi connectivity index (χ0) is 35.1. The molecule has 3 aliphatic carbocycles. The van der Waals surface area contributed by atoms with Crippen LogP contribution in [0.5, 0.6) is 5.75 Å². The van der Waals surface area contributed by atoms with Gasteiger partial charge in [0.05, 0.1) is 44.7 Å². The molecule has 1 heterocycles. The third kappa shape index (κ3) is 6.60. The van der Waals surface area contributed by atoms with E-state index in [4.69, 9.17) is 20.1 Å². The predicted molar refractivity (Wildman–Crippen MR) is 195 cm³/mol. The molecule has 1 aliphatic heterocycles. The Morgan fingerprint density at radius 3 is 2.50 bits per heavy atom. The Hall–Kier alpha value is -3.08. The zero-order valence-electron chi connectivity index (χ0n) is 30.8. The number of fused-ring (bicyclic) bond motifs is 2. The standard InChI is InChI=1S/C39H59N5O4/c1-12-34(43(9)47-11)28-16-27(17-30(18-28)42(7)8)31-15-13-14-26(38(31)46-10)22-44-37(36(25(4)45)35(21-40)48-44)24(3)41-33-20-29-19-32(23(33)2)39(29,5)6/h12-18,23,25,29,32-33,35-37,41,45H,3,19-22,40H2,1-2,4-11H3/b34-12-/t23-,25-,29+,32-,33-,35-,36+,37+/m0/s1. The van der Waals surface area contributed by atoms with Crippen LogP contribution in [0.2, 0.25) is 0 Å². The summed E-state index contributed by atoms with van der Waals surface area (Å²) in [6, 6.07) is 12.8. The SMILES string of the molecule is C=C(N[C@H]1C[C@H]2C[C@@H]([C@@H]1C)C2(C)C)[C@@H]1[C@H]([C@H](C)O)[C@H](CN)ON1Cc1cccc(-c2cc(/C(=C/C)N(C)OC)cc(N(C)C)c2)c1OC. The van der Waals surface area contributed by atoms with Crippen molar-refractivity contribution in [2.45, 2.75) is 78.3 Å². The van der Waals surface area contributed by atoms with Gasteiger partial charge in [0.25, 0.3) is 0 Å². The van der Waals surface area contributed by atoms with Gasteiger partial charge in [0.2, 0.25) is 0 Å². The number of hydroxylamine groups is 4. The van der Waals surface area contributed by atoms with Crippen LogP contribution in [0.4, 0.5) is 5.69 Å². The molecule has 0 amide bonds. The van der Waals surface area contributed by atoms with Crippen molar-refractivity contribution in [1.82, 2.24) is 15.4 Å². The zero-order valence-corrected chi connectivity index (χ0v) is 30.8. The number of allylic oxidation sites excluding steroid dienone is 1. The monoisotopic (exact) mass is 661 g/mol. The molecule has 9 nitrogen and oxygen atoms in total. The second-order valence-electron chi connectivity index (χ2n) is 15.0. The largest absolute Gasteiger partial charge is 0.496 e. The molecule has 4 N–H and O–H groups in total. The summed E-state index contributed by atoms with van der Waals surface area (Å²) in [5.41, 5.74) is 13.6. The number of hydrogen-bond acceptors (Lipinski definition) is 9. The highest BCUT2D eigenvalue weighted by atomic mass is 16.7. The van der Waals surface area contributed by atoms with E-state index < -0.39 is 6.10 Å². The van der Waals surface area contributed by atoms with Crippen molar-refractivity contribution in [1.29, 1.82) is 0 Å². The third-order valence-corrected chi connectivity index (χ3v) is 11.8. The van der Waals surface area contributed by atoms with E-state index in [1.54, 1.807) is 19.3 Å². The van der Waals surface area contributed by atoms with Gasteiger partial charge in [-0.25, -0.2) is 0 Å². The summed E-state index contributed by atoms with van der Waals surface area (Å²) in [5.74, 6) is 2.51. The minimum absolute atomic E-state index is 0.231. The number of para-hydroxylation sites is 1. The van der Waals surface area contributed by atoms with Gasteiger partial charge < -0.3 is 25.8 Å². The maximum Gasteiger partial charge on any atom is 0.131 e. The van der Waals surface area contributed by atoms with Crippen LogP contribution in [-0.4, -0.2) is 81.4 Å². The second-order valence-corrected chi connectivity index (χ2v) is 15.0. The van der Waals surface area contributed by atoms with E-state index in [0.717, 1.165) is 57.4 Å². The number of ether oxygens (including phenoxy) is 1. The molecular weight excluding hydrogens is 602 g/mol. The minimum atomic E-state index is -0.630. The Morgan fingerprint density at radius 2 is 1.94 bits per heavy atom. The molecule has 0 spiro atoms. The molecule has 6 rings (SSSR count). The van der Waals surface area contributed by atoms with Gasteiger partial charge in [-0.05, 0) is 73.6 Å². The van der Waals surface area contributed by atoms with Crippen molar-refractivity contribution in [2.24, 2.45) is 34.8 Å². The summed E-state index contributed by atoms with van der Waals surface area (Å²) in [5, 5.41) is 18.7. The van der Waals surface area contributed by atoms with E-state index in [9.17, 15) is 5.11 Å². The van der Waals surface area contributed by atoms with Gasteiger partial charge in [0.15, 0.2) is 0 Å². The van der Waals surface area contributed by atoms with E-state index in [1.165, 1.54) is 6.42 Å². The van der Waals surface area contributed by atoms with Crippen molar-refractivity contribution >= 4 is 11.4 Å². The first-order valence-electron chi connectivity index (χ1n) is 17.5. The number of nitrogens with one attached hydrogen (secondary N) is 1. The lowest BCUT2D eigenvalue weighted by atomic mass is 9.44. The molecule has 8 atom stereocenters. The molecule has 264 valence electrons. The van der Waals surface area contributed by atoms with Crippen molar-refractivity contribution in [2.75, 3.05) is 46.8 Å². The number of aliphatic hydroxyl groups excluding tert-OH is 1. The van der Waals surface area contributed by atoms with Crippen molar-refractivity contribution in [3.05, 3.63) is 65.9 Å². The fourth-order valence-corrected chi connectivity index (χ4v) is 8.83. The molecule has 4 fully saturated rings. The molecule has 4 aliphatic rings. The molecule has 0 radical (unpaired) electrons. The molecule has 48 heavy (non-hydrogen) atoms. The van der Waals surface area contributed by atoms with Crippen LogP contribution in [0.15, 0.2) is 54.8 Å². The molecule has 0 unspecified atom stereocenters. The summed E-state index contributed by atoms with van der Waals surface area (Å²) >= 11 is 0. The quantitative estimate of drug-likeness (QED) is 0.227. The fourth-order valence-electron chi connectivity index (χ4n) is 8.83. The van der Waals surface area contributed by atoms with Gasteiger partial charge >= 0.3 is 0 Å². The Kier molecular flexibility index (Phi) is 10.9. The van der Waals surface area contributed by atoms with E-state index >= 15 is 0 Å². The van der Waals surface area contributed by atoms with Crippen molar-refractivity contribution < 1.29 is 19.5 Å².